The van der Waals surface area contributed by atoms with E-state index in [0.29, 0.717) is 4.99 Å². The Bertz CT molecular complexity index is 616. The molecule has 0 unspecified atom stereocenters. The van der Waals surface area contributed by atoms with Gasteiger partial charge in [-0.05, 0) is 37.3 Å². The van der Waals surface area contributed by atoms with Gasteiger partial charge in [0, 0.05) is 17.8 Å². The molecule has 1 aliphatic rings. The van der Waals surface area contributed by atoms with Crippen LogP contribution in [0.25, 0.3) is 0 Å². The Morgan fingerprint density at radius 3 is 3.00 bits per heavy atom. The average Bonchev–Trinajstić information content (AvgIpc) is 2.83. The minimum Gasteiger partial charge on any atom is -0.389 e. The zero-order valence-electron chi connectivity index (χ0n) is 10.8. The first-order valence-corrected chi connectivity index (χ1v) is 7.06. The molecule has 0 radical (unpaired) electrons. The molecule has 0 saturated heterocycles. The van der Waals surface area contributed by atoms with E-state index in [1.165, 1.54) is 29.8 Å². The van der Waals surface area contributed by atoms with E-state index in [1.54, 1.807) is 0 Å². The summed E-state index contributed by atoms with van der Waals surface area (Å²) in [7, 11) is 0. The standard InChI is InChI=1S/C15H17N3S/c16-15(19)12-5-3-4-11(8-12)9-18-10-17-13-6-1-2-7-14(13)18/h3-5,8,10H,1-2,6-7,9H2,(H2,16,19). The fourth-order valence-corrected chi connectivity index (χ4v) is 2.81. The van der Waals surface area contributed by atoms with Gasteiger partial charge in [-0.15, -0.1) is 0 Å². The molecule has 1 aromatic heterocycles. The summed E-state index contributed by atoms with van der Waals surface area (Å²) in [4.78, 5) is 4.98. The third kappa shape index (κ3) is 2.54. The molecule has 4 heteroatoms. The molecule has 0 aliphatic heterocycles. The van der Waals surface area contributed by atoms with Crippen LogP contribution in [-0.2, 0) is 19.4 Å². The lowest BCUT2D eigenvalue weighted by atomic mass is 10.0. The fraction of sp³-hybridized carbons (Fsp3) is 0.333. The number of nitrogens with zero attached hydrogens (tertiary/aromatic N) is 2. The maximum atomic E-state index is 5.68. The minimum atomic E-state index is 0.453. The van der Waals surface area contributed by atoms with Crippen molar-refractivity contribution in [3.63, 3.8) is 0 Å². The first-order valence-electron chi connectivity index (χ1n) is 6.65. The molecule has 0 fully saturated rings. The van der Waals surface area contributed by atoms with E-state index in [9.17, 15) is 0 Å². The molecular formula is C15H17N3S. The van der Waals surface area contributed by atoms with Gasteiger partial charge in [-0.1, -0.05) is 30.4 Å². The van der Waals surface area contributed by atoms with Gasteiger partial charge in [-0.2, -0.15) is 0 Å². The van der Waals surface area contributed by atoms with E-state index in [1.807, 2.05) is 18.5 Å². The molecular weight excluding hydrogens is 254 g/mol. The second-order valence-corrected chi connectivity index (χ2v) is 5.48. The van der Waals surface area contributed by atoms with Gasteiger partial charge < -0.3 is 10.3 Å². The predicted molar refractivity (Wildman–Crippen MR) is 80.3 cm³/mol. The van der Waals surface area contributed by atoms with Gasteiger partial charge in [-0.25, -0.2) is 4.98 Å². The van der Waals surface area contributed by atoms with Crippen LogP contribution in [0.5, 0.6) is 0 Å². The minimum absolute atomic E-state index is 0.453. The van der Waals surface area contributed by atoms with Crippen molar-refractivity contribution < 1.29 is 0 Å². The first-order chi connectivity index (χ1) is 9.24. The summed E-state index contributed by atoms with van der Waals surface area (Å²) >= 11 is 5.03. The molecule has 0 saturated carbocycles. The summed E-state index contributed by atoms with van der Waals surface area (Å²) in [6, 6.07) is 8.14. The van der Waals surface area contributed by atoms with E-state index < -0.39 is 0 Å². The molecule has 2 aromatic rings. The summed E-state index contributed by atoms with van der Waals surface area (Å²) < 4.78 is 2.26. The molecule has 0 atom stereocenters. The average molecular weight is 271 g/mol. The lowest BCUT2D eigenvalue weighted by molar-refractivity contribution is 0.628. The summed E-state index contributed by atoms with van der Waals surface area (Å²) in [5, 5.41) is 0. The number of rotatable bonds is 3. The number of hydrogen-bond acceptors (Lipinski definition) is 2. The number of aromatic nitrogens is 2. The van der Waals surface area contributed by atoms with Gasteiger partial charge in [0.25, 0.3) is 0 Å². The van der Waals surface area contributed by atoms with Crippen LogP contribution in [0.2, 0.25) is 0 Å². The number of fused-ring (bicyclic) bond motifs is 1. The highest BCUT2D eigenvalue weighted by atomic mass is 32.1. The number of benzene rings is 1. The lowest BCUT2D eigenvalue weighted by Gasteiger charge is -2.14. The van der Waals surface area contributed by atoms with Crippen molar-refractivity contribution in [3.8, 4) is 0 Å². The van der Waals surface area contributed by atoms with Gasteiger partial charge in [0.1, 0.15) is 4.99 Å². The molecule has 2 N–H and O–H groups in total. The Hall–Kier alpha value is -1.68. The van der Waals surface area contributed by atoms with E-state index in [2.05, 4.69) is 21.7 Å². The Balaban J connectivity index is 1.87. The normalized spacial score (nSPS) is 14.1. The summed E-state index contributed by atoms with van der Waals surface area (Å²) in [5.74, 6) is 0. The second-order valence-electron chi connectivity index (χ2n) is 5.04. The van der Waals surface area contributed by atoms with E-state index in [0.717, 1.165) is 24.9 Å². The number of aryl methyl sites for hydroxylation is 1. The smallest absolute Gasteiger partial charge is 0.103 e. The van der Waals surface area contributed by atoms with Crippen molar-refractivity contribution in [3.05, 3.63) is 53.1 Å². The van der Waals surface area contributed by atoms with Crippen LogP contribution in [0.1, 0.15) is 35.4 Å². The maximum absolute atomic E-state index is 5.68. The zero-order valence-corrected chi connectivity index (χ0v) is 11.6. The van der Waals surface area contributed by atoms with Crippen molar-refractivity contribution >= 4 is 17.2 Å². The first kappa shape index (κ1) is 12.4. The number of imidazole rings is 1. The van der Waals surface area contributed by atoms with Gasteiger partial charge >= 0.3 is 0 Å². The third-order valence-corrected chi connectivity index (χ3v) is 3.91. The predicted octanol–water partition coefficient (Wildman–Crippen LogP) is 2.44. The SMILES string of the molecule is NC(=S)c1cccc(Cn2cnc3c2CCCC3)c1. The molecule has 19 heavy (non-hydrogen) atoms. The molecule has 1 aliphatic carbocycles. The monoisotopic (exact) mass is 271 g/mol. The quantitative estimate of drug-likeness (QED) is 0.872. The number of nitrogens with two attached hydrogens (primary N) is 1. The molecule has 3 rings (SSSR count). The van der Waals surface area contributed by atoms with Crippen molar-refractivity contribution in [1.82, 2.24) is 9.55 Å². The molecule has 98 valence electrons. The van der Waals surface area contributed by atoms with Crippen LogP contribution in [0.4, 0.5) is 0 Å². The van der Waals surface area contributed by atoms with Gasteiger partial charge in [0.2, 0.25) is 0 Å². The Morgan fingerprint density at radius 1 is 1.32 bits per heavy atom. The van der Waals surface area contributed by atoms with Gasteiger partial charge in [0.15, 0.2) is 0 Å². The van der Waals surface area contributed by atoms with E-state index >= 15 is 0 Å². The van der Waals surface area contributed by atoms with Crippen molar-refractivity contribution in [2.75, 3.05) is 0 Å². The second kappa shape index (κ2) is 5.13. The van der Waals surface area contributed by atoms with E-state index in [-0.39, 0.29) is 0 Å². The molecule has 3 nitrogen and oxygen atoms in total. The van der Waals surface area contributed by atoms with Gasteiger partial charge in [-0.3, -0.25) is 0 Å². The highest BCUT2D eigenvalue weighted by Gasteiger charge is 2.15. The Labute approximate surface area is 118 Å². The number of thiocarbonyl (C=S) groups is 1. The third-order valence-electron chi connectivity index (χ3n) is 3.67. The topological polar surface area (TPSA) is 43.8 Å². The van der Waals surface area contributed by atoms with Crippen LogP contribution < -0.4 is 5.73 Å². The summed E-state index contributed by atoms with van der Waals surface area (Å²) in [6.45, 7) is 0.846. The molecule has 0 spiro atoms. The summed E-state index contributed by atoms with van der Waals surface area (Å²) in [5.41, 5.74) is 10.5. The van der Waals surface area contributed by atoms with Crippen LogP contribution in [0.3, 0.4) is 0 Å². The highest BCUT2D eigenvalue weighted by molar-refractivity contribution is 7.80. The zero-order chi connectivity index (χ0) is 13.2. The van der Waals surface area contributed by atoms with Crippen molar-refractivity contribution in [2.24, 2.45) is 5.73 Å². The summed E-state index contributed by atoms with van der Waals surface area (Å²) in [6.07, 6.45) is 6.76. The largest absolute Gasteiger partial charge is 0.389 e. The Morgan fingerprint density at radius 2 is 2.16 bits per heavy atom. The number of hydrogen-bond donors (Lipinski definition) is 1. The highest BCUT2D eigenvalue weighted by Crippen LogP contribution is 2.20. The van der Waals surface area contributed by atoms with Crippen LogP contribution in [0, 0.1) is 0 Å². The van der Waals surface area contributed by atoms with Crippen LogP contribution >= 0.6 is 12.2 Å². The maximum Gasteiger partial charge on any atom is 0.103 e. The molecule has 0 amide bonds. The molecule has 1 heterocycles. The lowest BCUT2D eigenvalue weighted by Crippen LogP contribution is -2.11. The van der Waals surface area contributed by atoms with Crippen LogP contribution in [0.15, 0.2) is 30.6 Å². The fourth-order valence-electron chi connectivity index (χ4n) is 2.69. The molecule has 0 bridgehead atoms. The van der Waals surface area contributed by atoms with E-state index in [4.69, 9.17) is 18.0 Å². The van der Waals surface area contributed by atoms with Crippen molar-refractivity contribution in [2.45, 2.75) is 32.2 Å². The van der Waals surface area contributed by atoms with Crippen LogP contribution in [-0.4, -0.2) is 14.5 Å². The molecule has 1 aromatic carbocycles. The Kier molecular flexibility index (Phi) is 3.34. The van der Waals surface area contributed by atoms with Gasteiger partial charge in [0.05, 0.1) is 12.0 Å². The van der Waals surface area contributed by atoms with Crippen molar-refractivity contribution in [1.29, 1.82) is 0 Å².